The van der Waals surface area contributed by atoms with Gasteiger partial charge in [0.25, 0.3) is 11.8 Å². The van der Waals surface area contributed by atoms with Crippen molar-refractivity contribution in [2.75, 3.05) is 36.4 Å². The molecule has 6 rings (SSSR count). The second kappa shape index (κ2) is 11.1. The minimum absolute atomic E-state index is 0.0319. The predicted octanol–water partition coefficient (Wildman–Crippen LogP) is 3.38. The van der Waals surface area contributed by atoms with Gasteiger partial charge in [-0.15, -0.1) is 0 Å². The molecule has 2 saturated heterocycles. The number of likely N-dealkylation sites (tertiary alicyclic amines) is 1. The summed E-state index contributed by atoms with van der Waals surface area (Å²) < 4.78 is 1.77. The van der Waals surface area contributed by atoms with Gasteiger partial charge < -0.3 is 25.5 Å². The molecule has 2 aliphatic heterocycles. The second-order valence-corrected chi connectivity index (χ2v) is 12.1. The number of hydrogen-bond acceptors (Lipinski definition) is 8. The molecule has 2 amide bonds. The minimum Gasteiger partial charge on any atom is -0.389 e. The number of aliphatic hydroxyl groups excluding tert-OH is 1. The fraction of sp³-hybridized carbons (Fsp3) is 0.387. The maximum atomic E-state index is 13.0. The first-order valence-corrected chi connectivity index (χ1v) is 14.4. The fourth-order valence-corrected chi connectivity index (χ4v) is 5.33. The van der Waals surface area contributed by atoms with E-state index in [9.17, 15) is 14.7 Å². The van der Waals surface area contributed by atoms with Crippen LogP contribution in [0.25, 0.3) is 5.78 Å². The van der Waals surface area contributed by atoms with E-state index in [1.807, 2.05) is 36.4 Å². The van der Waals surface area contributed by atoms with Gasteiger partial charge in [-0.1, -0.05) is 32.9 Å². The van der Waals surface area contributed by atoms with Gasteiger partial charge in [0.1, 0.15) is 0 Å². The van der Waals surface area contributed by atoms with Gasteiger partial charge in [0.15, 0.2) is 0 Å². The topological polar surface area (TPSA) is 128 Å². The van der Waals surface area contributed by atoms with Crippen molar-refractivity contribution in [3.05, 3.63) is 77.6 Å². The Balaban J connectivity index is 1.15. The van der Waals surface area contributed by atoms with E-state index in [1.165, 1.54) is 5.56 Å². The molecule has 4 heterocycles. The Morgan fingerprint density at radius 2 is 1.67 bits per heavy atom. The van der Waals surface area contributed by atoms with Gasteiger partial charge in [0.2, 0.25) is 17.7 Å². The van der Waals surface area contributed by atoms with Crippen LogP contribution in [0.2, 0.25) is 0 Å². The molecule has 4 aromatic rings. The number of β-amino-alcohol motifs (C(OH)–C–C–N with tert-alkyl or cyclic N) is 1. The summed E-state index contributed by atoms with van der Waals surface area (Å²) in [5, 5.41) is 16.0. The summed E-state index contributed by atoms with van der Waals surface area (Å²) >= 11 is 0. The van der Waals surface area contributed by atoms with E-state index in [1.54, 1.807) is 33.8 Å². The zero-order valence-corrected chi connectivity index (χ0v) is 24.1. The SMILES string of the molecule is CC(C)(C)c1ccc(C(=O)NC2CCCN(c3nc(Nc4ccc(C(=O)N5CC(O)C5)cc4)n4ccnc4n3)C2)cc1. The van der Waals surface area contributed by atoms with Gasteiger partial charge in [-0.05, 0) is 60.2 Å². The molecule has 0 bridgehead atoms. The number of piperidine rings is 1. The highest BCUT2D eigenvalue weighted by molar-refractivity contribution is 5.95. The Kier molecular flexibility index (Phi) is 7.28. The summed E-state index contributed by atoms with van der Waals surface area (Å²) in [6.07, 6.45) is 4.80. The number of carbonyl (C=O) groups is 2. The number of aliphatic hydroxyl groups is 1. The van der Waals surface area contributed by atoms with Crippen molar-refractivity contribution in [2.45, 2.75) is 51.2 Å². The Morgan fingerprint density at radius 3 is 2.36 bits per heavy atom. The maximum absolute atomic E-state index is 13.0. The fourth-order valence-electron chi connectivity index (χ4n) is 5.33. The molecule has 0 radical (unpaired) electrons. The zero-order chi connectivity index (χ0) is 29.4. The molecule has 0 saturated carbocycles. The monoisotopic (exact) mass is 568 g/mol. The summed E-state index contributed by atoms with van der Waals surface area (Å²) in [5.41, 5.74) is 3.20. The molecule has 2 aliphatic rings. The third kappa shape index (κ3) is 5.78. The van der Waals surface area contributed by atoms with Crippen LogP contribution in [0, 0.1) is 0 Å². The van der Waals surface area contributed by atoms with E-state index in [-0.39, 0.29) is 23.3 Å². The van der Waals surface area contributed by atoms with Crippen LogP contribution < -0.4 is 15.5 Å². The lowest BCUT2D eigenvalue weighted by atomic mass is 9.86. The Morgan fingerprint density at radius 1 is 0.952 bits per heavy atom. The van der Waals surface area contributed by atoms with Gasteiger partial charge in [-0.3, -0.25) is 14.0 Å². The van der Waals surface area contributed by atoms with Gasteiger partial charge in [0, 0.05) is 61.4 Å². The molecular weight excluding hydrogens is 532 g/mol. The van der Waals surface area contributed by atoms with E-state index in [0.29, 0.717) is 48.4 Å². The first-order chi connectivity index (χ1) is 20.1. The number of nitrogens with one attached hydrogen (secondary N) is 2. The molecule has 0 spiro atoms. The van der Waals surface area contributed by atoms with Crippen molar-refractivity contribution < 1.29 is 14.7 Å². The normalized spacial score (nSPS) is 17.7. The van der Waals surface area contributed by atoms with Crippen LogP contribution in [-0.2, 0) is 5.41 Å². The minimum atomic E-state index is -0.434. The summed E-state index contributed by atoms with van der Waals surface area (Å²) in [6, 6.07) is 15.0. The number of amides is 2. The first-order valence-electron chi connectivity index (χ1n) is 14.4. The molecule has 2 aromatic carbocycles. The van der Waals surface area contributed by atoms with Crippen LogP contribution in [0.15, 0.2) is 60.9 Å². The largest absolute Gasteiger partial charge is 0.389 e. The quantitative estimate of drug-likeness (QED) is 0.323. The summed E-state index contributed by atoms with van der Waals surface area (Å²) in [7, 11) is 0. The van der Waals surface area contributed by atoms with E-state index < -0.39 is 6.10 Å². The maximum Gasteiger partial charge on any atom is 0.254 e. The van der Waals surface area contributed by atoms with Crippen molar-refractivity contribution in [1.29, 1.82) is 0 Å². The lowest BCUT2D eigenvalue weighted by Crippen LogP contribution is -2.53. The number of carbonyl (C=O) groups excluding carboxylic acids is 2. The van der Waals surface area contributed by atoms with Crippen LogP contribution in [-0.4, -0.2) is 79.5 Å². The predicted molar refractivity (Wildman–Crippen MR) is 160 cm³/mol. The van der Waals surface area contributed by atoms with Crippen LogP contribution in [0.1, 0.15) is 59.9 Å². The highest BCUT2D eigenvalue weighted by Crippen LogP contribution is 2.24. The Hall–Kier alpha value is -4.51. The standard InChI is InChI=1S/C31H36N8O3/c1-31(2,3)22-10-6-20(7-11-22)26(41)33-24-5-4-15-37(17-24)29-35-28-32-14-16-39(28)30(36-29)34-23-12-8-21(9-13-23)27(42)38-18-25(40)19-38/h6-14,16,24-25,40H,4-5,15,17-19H2,1-3H3,(H,33,41)(H,32,34,35,36). The number of hydrogen-bond donors (Lipinski definition) is 3. The first kappa shape index (κ1) is 27.6. The number of benzene rings is 2. The van der Waals surface area contributed by atoms with Gasteiger partial charge >= 0.3 is 0 Å². The lowest BCUT2D eigenvalue weighted by molar-refractivity contribution is 0.00590. The van der Waals surface area contributed by atoms with E-state index >= 15 is 0 Å². The molecule has 1 atom stereocenters. The van der Waals surface area contributed by atoms with Gasteiger partial charge in [0.05, 0.1) is 6.10 Å². The molecule has 3 N–H and O–H groups in total. The molecule has 2 aromatic heterocycles. The van der Waals surface area contributed by atoms with Crippen molar-refractivity contribution in [3.8, 4) is 0 Å². The van der Waals surface area contributed by atoms with Crippen LogP contribution in [0.5, 0.6) is 0 Å². The van der Waals surface area contributed by atoms with E-state index in [2.05, 4.69) is 46.3 Å². The molecular formula is C31H36N8O3. The van der Waals surface area contributed by atoms with Crippen molar-refractivity contribution in [2.24, 2.45) is 0 Å². The molecule has 0 aliphatic carbocycles. The number of aromatic nitrogens is 4. The van der Waals surface area contributed by atoms with E-state index in [4.69, 9.17) is 4.98 Å². The average molecular weight is 569 g/mol. The van der Waals surface area contributed by atoms with Crippen molar-refractivity contribution >= 4 is 35.2 Å². The van der Waals surface area contributed by atoms with Crippen LogP contribution in [0.4, 0.5) is 17.6 Å². The highest BCUT2D eigenvalue weighted by Gasteiger charge is 2.29. The Labute approximate surface area is 244 Å². The number of anilines is 3. The average Bonchev–Trinajstić information content (AvgIpc) is 3.45. The molecule has 11 nitrogen and oxygen atoms in total. The third-order valence-electron chi connectivity index (χ3n) is 7.85. The lowest BCUT2D eigenvalue weighted by Gasteiger charge is -2.35. The van der Waals surface area contributed by atoms with Gasteiger partial charge in [-0.2, -0.15) is 9.97 Å². The summed E-state index contributed by atoms with van der Waals surface area (Å²) in [4.78, 5) is 43.2. The van der Waals surface area contributed by atoms with Crippen LogP contribution >= 0.6 is 0 Å². The Bertz CT molecular complexity index is 1590. The number of imidazole rings is 1. The smallest absolute Gasteiger partial charge is 0.254 e. The molecule has 1 unspecified atom stereocenters. The number of fused-ring (bicyclic) bond motifs is 1. The van der Waals surface area contributed by atoms with E-state index in [0.717, 1.165) is 25.1 Å². The highest BCUT2D eigenvalue weighted by atomic mass is 16.3. The molecule has 42 heavy (non-hydrogen) atoms. The van der Waals surface area contributed by atoms with Crippen molar-refractivity contribution in [3.63, 3.8) is 0 Å². The number of nitrogens with zero attached hydrogens (tertiary/aromatic N) is 6. The summed E-state index contributed by atoms with van der Waals surface area (Å²) in [5.74, 6) is 1.41. The second-order valence-electron chi connectivity index (χ2n) is 12.1. The summed E-state index contributed by atoms with van der Waals surface area (Å²) in [6.45, 7) is 8.56. The van der Waals surface area contributed by atoms with Crippen molar-refractivity contribution in [1.82, 2.24) is 29.6 Å². The molecule has 218 valence electrons. The molecule has 2 fully saturated rings. The number of rotatable bonds is 6. The molecule has 11 heteroatoms. The van der Waals surface area contributed by atoms with Crippen LogP contribution in [0.3, 0.4) is 0 Å². The zero-order valence-electron chi connectivity index (χ0n) is 24.1. The third-order valence-corrected chi connectivity index (χ3v) is 7.85. The van der Waals surface area contributed by atoms with Gasteiger partial charge in [-0.25, -0.2) is 4.98 Å².